The van der Waals surface area contributed by atoms with E-state index in [0.29, 0.717) is 5.13 Å². The minimum Gasteiger partial charge on any atom is -0.301 e. The van der Waals surface area contributed by atoms with Crippen LogP contribution in [-0.2, 0) is 21.2 Å². The molecular formula is C28H37N3O2S2. The van der Waals surface area contributed by atoms with Gasteiger partial charge in [-0.25, -0.2) is 13.9 Å². The lowest BCUT2D eigenvalue weighted by Crippen LogP contribution is -2.35. The first-order valence-electron chi connectivity index (χ1n) is 12.2. The van der Waals surface area contributed by atoms with Gasteiger partial charge in [0, 0.05) is 11.1 Å². The first kappa shape index (κ1) is 27.2. The Morgan fingerprint density at radius 3 is 2.29 bits per heavy atom. The molecule has 1 saturated carbocycles. The number of amides is 1. The Morgan fingerprint density at radius 1 is 1.06 bits per heavy atom. The topological polar surface area (TPSA) is 71.1 Å². The smallest absolute Gasteiger partial charge is 0.236 e. The van der Waals surface area contributed by atoms with Crippen molar-refractivity contribution in [3.63, 3.8) is 0 Å². The van der Waals surface area contributed by atoms with Gasteiger partial charge in [-0.3, -0.25) is 4.79 Å². The van der Waals surface area contributed by atoms with E-state index in [-0.39, 0.29) is 11.9 Å². The zero-order valence-corrected chi connectivity index (χ0v) is 23.4. The molecule has 4 rings (SSSR count). The van der Waals surface area contributed by atoms with E-state index in [1.165, 1.54) is 22.5 Å². The Hall–Kier alpha value is -2.35. The molecule has 0 saturated heterocycles. The highest BCUT2D eigenvalue weighted by Crippen LogP contribution is 2.49. The van der Waals surface area contributed by atoms with Gasteiger partial charge in [-0.2, -0.15) is 0 Å². The second-order valence-electron chi connectivity index (χ2n) is 9.75. The molecular weight excluding hydrogens is 474 g/mol. The van der Waals surface area contributed by atoms with E-state index in [4.69, 9.17) is 0 Å². The van der Waals surface area contributed by atoms with Crippen molar-refractivity contribution in [3.8, 4) is 0 Å². The predicted molar refractivity (Wildman–Crippen MR) is 148 cm³/mol. The van der Waals surface area contributed by atoms with Crippen molar-refractivity contribution in [2.45, 2.75) is 77.5 Å². The fourth-order valence-corrected chi connectivity index (χ4v) is 5.52. The number of rotatable bonds is 7. The van der Waals surface area contributed by atoms with Crippen LogP contribution in [0.15, 0.2) is 54.7 Å². The number of aromatic nitrogens is 1. The highest BCUT2D eigenvalue weighted by Gasteiger charge is 2.51. The molecule has 0 unspecified atom stereocenters. The number of benzene rings is 2. The SMILES string of the molecule is CC.Cc1ccc(C2(C(=O)Nc3ncc([C@H](N[S@@](=O)C(C)(C)C)c4ccccc4)s3)CC2)cc1C. The largest absolute Gasteiger partial charge is 0.301 e. The number of thiazole rings is 1. The number of carbonyl (C=O) groups is 1. The first-order valence-corrected chi connectivity index (χ1v) is 14.1. The Morgan fingerprint density at radius 2 is 1.71 bits per heavy atom. The summed E-state index contributed by atoms with van der Waals surface area (Å²) in [5.41, 5.74) is 4.04. The number of aryl methyl sites for hydroxylation is 2. The third-order valence-corrected chi connectivity index (χ3v) is 8.73. The van der Waals surface area contributed by atoms with Crippen LogP contribution in [-0.4, -0.2) is 19.8 Å². The second kappa shape index (κ2) is 11.1. The van der Waals surface area contributed by atoms with E-state index in [9.17, 15) is 9.00 Å². The monoisotopic (exact) mass is 511 g/mol. The number of nitrogens with zero attached hydrogens (tertiary/aromatic N) is 1. The van der Waals surface area contributed by atoms with Gasteiger partial charge in [-0.05, 0) is 69.7 Å². The fourth-order valence-electron chi connectivity index (χ4n) is 3.73. The number of nitrogens with one attached hydrogen (secondary N) is 2. The summed E-state index contributed by atoms with van der Waals surface area (Å²) >= 11 is 1.42. The molecule has 1 aliphatic carbocycles. The highest BCUT2D eigenvalue weighted by atomic mass is 32.2. The molecule has 0 spiro atoms. The maximum Gasteiger partial charge on any atom is 0.236 e. The van der Waals surface area contributed by atoms with Crippen LogP contribution in [0.3, 0.4) is 0 Å². The van der Waals surface area contributed by atoms with Crippen molar-refractivity contribution in [1.82, 2.24) is 9.71 Å². The third kappa shape index (κ3) is 6.26. The fraction of sp³-hybridized carbons (Fsp3) is 0.429. The van der Waals surface area contributed by atoms with E-state index in [0.717, 1.165) is 28.8 Å². The molecule has 2 aromatic carbocycles. The van der Waals surface area contributed by atoms with Gasteiger partial charge in [0.15, 0.2) is 5.13 Å². The summed E-state index contributed by atoms with van der Waals surface area (Å²) in [5, 5.41) is 3.62. The van der Waals surface area contributed by atoms with E-state index < -0.39 is 21.1 Å². The molecule has 1 heterocycles. The molecule has 5 nitrogen and oxygen atoms in total. The summed E-state index contributed by atoms with van der Waals surface area (Å²) in [5.74, 6) is -0.00542. The lowest BCUT2D eigenvalue weighted by Gasteiger charge is -2.23. The van der Waals surface area contributed by atoms with Crippen LogP contribution in [0.1, 0.15) is 80.6 Å². The summed E-state index contributed by atoms with van der Waals surface area (Å²) in [6.45, 7) is 14.0. The number of carbonyl (C=O) groups excluding carboxylic acids is 1. The Bertz CT molecular complexity index is 1180. The second-order valence-corrected chi connectivity index (χ2v) is 12.8. The molecule has 1 aromatic heterocycles. The molecule has 0 aliphatic heterocycles. The molecule has 188 valence electrons. The molecule has 1 fully saturated rings. The Labute approximate surface area is 216 Å². The third-order valence-electron chi connectivity index (χ3n) is 6.19. The highest BCUT2D eigenvalue weighted by molar-refractivity contribution is 7.84. The standard InChI is InChI=1S/C26H31N3O2S2.C2H6/c1-17-11-12-20(15-18(17)2)26(13-14-26)23(30)28-24-27-16-21(32-24)22(19-9-7-6-8-10-19)29-33(31)25(3,4)5;1-2/h6-12,15-16,22,29H,13-14H2,1-5H3,(H,27,28,30);1-2H3/t22-,33+;/m1./s1. The van der Waals surface area contributed by atoms with Crippen molar-refractivity contribution in [1.29, 1.82) is 0 Å². The molecule has 1 amide bonds. The van der Waals surface area contributed by atoms with Crippen molar-refractivity contribution in [2.24, 2.45) is 0 Å². The summed E-state index contributed by atoms with van der Waals surface area (Å²) in [7, 11) is -1.26. The summed E-state index contributed by atoms with van der Waals surface area (Å²) < 4.78 is 15.7. The minimum absolute atomic E-state index is 0.00542. The maximum atomic E-state index is 13.2. The lowest BCUT2D eigenvalue weighted by molar-refractivity contribution is -0.118. The van der Waals surface area contributed by atoms with Crippen molar-refractivity contribution in [2.75, 3.05) is 5.32 Å². The normalized spacial score (nSPS) is 16.0. The molecule has 2 atom stereocenters. The van der Waals surface area contributed by atoms with Gasteiger partial charge in [0.2, 0.25) is 5.91 Å². The molecule has 0 radical (unpaired) electrons. The van der Waals surface area contributed by atoms with E-state index in [2.05, 4.69) is 47.1 Å². The van der Waals surface area contributed by atoms with Gasteiger partial charge in [0.25, 0.3) is 0 Å². The zero-order chi connectivity index (χ0) is 25.8. The Balaban J connectivity index is 0.00000167. The van der Waals surface area contributed by atoms with Crippen molar-refractivity contribution < 1.29 is 9.00 Å². The number of hydrogen-bond donors (Lipinski definition) is 2. The van der Waals surface area contributed by atoms with Gasteiger partial charge in [0.05, 0.1) is 27.2 Å². The number of hydrogen-bond acceptors (Lipinski definition) is 4. The van der Waals surface area contributed by atoms with E-state index >= 15 is 0 Å². The molecule has 0 bridgehead atoms. The van der Waals surface area contributed by atoms with Crippen LogP contribution in [0.2, 0.25) is 0 Å². The molecule has 3 aromatic rings. The van der Waals surface area contributed by atoms with Crippen LogP contribution in [0.4, 0.5) is 5.13 Å². The van der Waals surface area contributed by atoms with Gasteiger partial charge in [0.1, 0.15) is 0 Å². The van der Waals surface area contributed by atoms with E-state index in [1.54, 1.807) is 6.20 Å². The molecule has 7 heteroatoms. The summed E-state index contributed by atoms with van der Waals surface area (Å²) in [6, 6.07) is 15.9. The minimum atomic E-state index is -1.26. The zero-order valence-electron chi connectivity index (χ0n) is 21.8. The van der Waals surface area contributed by atoms with Crippen LogP contribution >= 0.6 is 11.3 Å². The summed E-state index contributed by atoms with van der Waals surface area (Å²) in [6.07, 6.45) is 3.46. The van der Waals surface area contributed by atoms with Crippen molar-refractivity contribution in [3.05, 3.63) is 81.9 Å². The molecule has 35 heavy (non-hydrogen) atoms. The average Bonchev–Trinajstić information content (AvgIpc) is 3.53. The van der Waals surface area contributed by atoms with Crippen molar-refractivity contribution >= 4 is 33.4 Å². The van der Waals surface area contributed by atoms with Crippen LogP contribution in [0.5, 0.6) is 0 Å². The quantitative estimate of drug-likeness (QED) is 0.375. The number of anilines is 1. The van der Waals surface area contributed by atoms with Crippen LogP contribution < -0.4 is 10.0 Å². The van der Waals surface area contributed by atoms with Gasteiger partial charge in [-0.1, -0.05) is 73.7 Å². The van der Waals surface area contributed by atoms with E-state index in [1.807, 2.05) is 65.0 Å². The van der Waals surface area contributed by atoms with Crippen LogP contribution in [0.25, 0.3) is 0 Å². The lowest BCUT2D eigenvalue weighted by atomic mass is 9.92. The van der Waals surface area contributed by atoms with Gasteiger partial charge < -0.3 is 5.32 Å². The average molecular weight is 512 g/mol. The van der Waals surface area contributed by atoms with Gasteiger partial charge >= 0.3 is 0 Å². The van der Waals surface area contributed by atoms with Crippen LogP contribution in [0, 0.1) is 13.8 Å². The maximum absolute atomic E-state index is 13.2. The molecule has 1 aliphatic rings. The van der Waals surface area contributed by atoms with Gasteiger partial charge in [-0.15, -0.1) is 0 Å². The first-order chi connectivity index (χ1) is 16.6. The molecule has 2 N–H and O–H groups in total. The Kier molecular flexibility index (Phi) is 8.67. The summed E-state index contributed by atoms with van der Waals surface area (Å²) in [4.78, 5) is 18.6. The predicted octanol–water partition coefficient (Wildman–Crippen LogP) is 6.60.